The molecule has 0 atom stereocenters. The van der Waals surface area contributed by atoms with Gasteiger partial charge in [0, 0.05) is 60.8 Å². The average molecular weight is 450 g/mol. The standard InChI is InChI=1S/C25H31N5O3/c31-23(9-5-6-18-16-27-21-8-2-1-7-19(18)21)26-11-14-30-22-10-15-33-17-20(22)24(28-30)25(32)29-12-3-4-13-29/h1-2,7-8,16,27H,3-6,9-15,17H2,(H,26,31). The molecule has 8 nitrogen and oxygen atoms in total. The number of aryl methyl sites for hydroxylation is 1. The number of likely N-dealkylation sites (tertiary alicyclic amines) is 1. The molecule has 4 heterocycles. The first kappa shape index (κ1) is 21.7. The zero-order valence-corrected chi connectivity index (χ0v) is 18.9. The van der Waals surface area contributed by atoms with Crippen LogP contribution in [0.25, 0.3) is 10.9 Å². The van der Waals surface area contributed by atoms with Crippen molar-refractivity contribution in [3.05, 3.63) is 53.0 Å². The van der Waals surface area contributed by atoms with E-state index in [1.165, 1.54) is 10.9 Å². The van der Waals surface area contributed by atoms with Crippen molar-refractivity contribution < 1.29 is 14.3 Å². The quantitative estimate of drug-likeness (QED) is 0.553. The summed E-state index contributed by atoms with van der Waals surface area (Å²) in [7, 11) is 0. The van der Waals surface area contributed by atoms with Crippen LogP contribution < -0.4 is 5.32 Å². The monoisotopic (exact) mass is 449 g/mol. The molecule has 1 aromatic carbocycles. The van der Waals surface area contributed by atoms with Gasteiger partial charge in [0.1, 0.15) is 0 Å². The normalized spacial score (nSPS) is 15.7. The van der Waals surface area contributed by atoms with Gasteiger partial charge in [0.15, 0.2) is 5.69 Å². The highest BCUT2D eigenvalue weighted by molar-refractivity contribution is 5.94. The molecule has 0 unspecified atom stereocenters. The number of aromatic amines is 1. The highest BCUT2D eigenvalue weighted by Crippen LogP contribution is 2.23. The molecule has 33 heavy (non-hydrogen) atoms. The summed E-state index contributed by atoms with van der Waals surface area (Å²) in [6.07, 6.45) is 7.04. The minimum atomic E-state index is 0.00863. The van der Waals surface area contributed by atoms with E-state index in [1.807, 2.05) is 27.9 Å². The van der Waals surface area contributed by atoms with Gasteiger partial charge >= 0.3 is 0 Å². The summed E-state index contributed by atoms with van der Waals surface area (Å²) in [5.74, 6) is 0.0573. The van der Waals surface area contributed by atoms with E-state index in [1.54, 1.807) is 0 Å². The van der Waals surface area contributed by atoms with Gasteiger partial charge in [-0.2, -0.15) is 5.10 Å². The third-order valence-corrected chi connectivity index (χ3v) is 6.66. The van der Waals surface area contributed by atoms with Crippen molar-refractivity contribution in [2.75, 3.05) is 26.2 Å². The number of carbonyl (C=O) groups excluding carboxylic acids is 2. The summed E-state index contributed by atoms with van der Waals surface area (Å²) in [6, 6.07) is 8.23. The number of rotatable bonds is 8. The van der Waals surface area contributed by atoms with Crippen LogP contribution in [0.2, 0.25) is 0 Å². The van der Waals surface area contributed by atoms with Crippen molar-refractivity contribution in [3.8, 4) is 0 Å². The number of para-hydroxylation sites is 1. The second-order valence-electron chi connectivity index (χ2n) is 8.86. The van der Waals surface area contributed by atoms with E-state index in [9.17, 15) is 9.59 Å². The van der Waals surface area contributed by atoms with Crippen LogP contribution in [-0.2, 0) is 35.5 Å². The Kier molecular flexibility index (Phi) is 6.44. The van der Waals surface area contributed by atoms with Crippen molar-refractivity contribution in [1.82, 2.24) is 25.0 Å². The van der Waals surface area contributed by atoms with Gasteiger partial charge in [-0.25, -0.2) is 0 Å². The van der Waals surface area contributed by atoms with Crippen LogP contribution in [0.3, 0.4) is 0 Å². The minimum absolute atomic E-state index is 0.00863. The maximum atomic E-state index is 12.9. The third kappa shape index (κ3) is 4.66. The van der Waals surface area contributed by atoms with Gasteiger partial charge in [-0.05, 0) is 37.3 Å². The Balaban J connectivity index is 1.13. The Morgan fingerprint density at radius 3 is 2.91 bits per heavy atom. The molecule has 5 rings (SSSR count). The number of nitrogens with zero attached hydrogens (tertiary/aromatic N) is 3. The molecule has 3 aromatic rings. The lowest BCUT2D eigenvalue weighted by Crippen LogP contribution is -2.29. The van der Waals surface area contributed by atoms with E-state index in [0.29, 0.717) is 38.4 Å². The van der Waals surface area contributed by atoms with Crippen molar-refractivity contribution in [2.24, 2.45) is 0 Å². The van der Waals surface area contributed by atoms with Crippen molar-refractivity contribution in [1.29, 1.82) is 0 Å². The van der Waals surface area contributed by atoms with Gasteiger partial charge < -0.3 is 19.9 Å². The van der Waals surface area contributed by atoms with Crippen molar-refractivity contribution in [2.45, 2.75) is 51.7 Å². The lowest BCUT2D eigenvalue weighted by molar-refractivity contribution is -0.121. The first-order valence-electron chi connectivity index (χ1n) is 12.0. The predicted molar refractivity (Wildman–Crippen MR) is 125 cm³/mol. The maximum Gasteiger partial charge on any atom is 0.274 e. The van der Waals surface area contributed by atoms with Gasteiger partial charge in [-0.1, -0.05) is 18.2 Å². The lowest BCUT2D eigenvalue weighted by atomic mass is 10.1. The summed E-state index contributed by atoms with van der Waals surface area (Å²) in [5, 5.41) is 8.89. The molecule has 2 N–H and O–H groups in total. The Labute approximate surface area is 193 Å². The molecule has 0 radical (unpaired) electrons. The number of aromatic nitrogens is 3. The average Bonchev–Trinajstić information content (AvgIpc) is 3.58. The summed E-state index contributed by atoms with van der Waals surface area (Å²) < 4.78 is 7.51. The third-order valence-electron chi connectivity index (χ3n) is 6.66. The summed E-state index contributed by atoms with van der Waals surface area (Å²) in [4.78, 5) is 30.5. The van der Waals surface area contributed by atoms with E-state index in [2.05, 4.69) is 27.5 Å². The number of hydrogen-bond donors (Lipinski definition) is 2. The van der Waals surface area contributed by atoms with Crippen LogP contribution in [0, 0.1) is 0 Å². The van der Waals surface area contributed by atoms with Gasteiger partial charge in [-0.15, -0.1) is 0 Å². The molecule has 0 aliphatic carbocycles. The van der Waals surface area contributed by atoms with Crippen LogP contribution in [0.15, 0.2) is 30.5 Å². The molecule has 2 aliphatic heterocycles. The van der Waals surface area contributed by atoms with Crippen molar-refractivity contribution >= 4 is 22.7 Å². The highest BCUT2D eigenvalue weighted by atomic mass is 16.5. The summed E-state index contributed by atoms with van der Waals surface area (Å²) in [6.45, 7) is 3.73. The molecular weight excluding hydrogens is 418 g/mol. The SMILES string of the molecule is O=C(CCCc1c[nH]c2ccccc12)NCCn1nc(C(=O)N2CCCC2)c2c1CCOC2. The van der Waals surface area contributed by atoms with Crippen LogP contribution in [0.1, 0.15) is 53.0 Å². The molecule has 0 bridgehead atoms. The van der Waals surface area contributed by atoms with Gasteiger partial charge in [0.25, 0.3) is 5.91 Å². The summed E-state index contributed by atoms with van der Waals surface area (Å²) in [5.41, 5.74) is 4.89. The van der Waals surface area contributed by atoms with Crippen LogP contribution >= 0.6 is 0 Å². The number of hydrogen-bond acceptors (Lipinski definition) is 4. The Morgan fingerprint density at radius 2 is 2.03 bits per heavy atom. The van der Waals surface area contributed by atoms with Gasteiger partial charge in [0.2, 0.25) is 5.91 Å². The first-order chi connectivity index (χ1) is 16.2. The number of benzene rings is 1. The van der Waals surface area contributed by atoms with Crippen LogP contribution in [-0.4, -0.2) is 57.7 Å². The largest absolute Gasteiger partial charge is 0.376 e. The Morgan fingerprint density at radius 1 is 1.18 bits per heavy atom. The van der Waals surface area contributed by atoms with Gasteiger partial charge in [-0.3, -0.25) is 14.3 Å². The van der Waals surface area contributed by atoms with Gasteiger partial charge in [0.05, 0.1) is 19.8 Å². The smallest absolute Gasteiger partial charge is 0.274 e. The fourth-order valence-corrected chi connectivity index (χ4v) is 4.90. The maximum absolute atomic E-state index is 12.9. The van der Waals surface area contributed by atoms with Crippen LogP contribution in [0.4, 0.5) is 0 Å². The molecule has 174 valence electrons. The van der Waals surface area contributed by atoms with E-state index in [0.717, 1.165) is 62.0 Å². The second kappa shape index (κ2) is 9.79. The highest BCUT2D eigenvalue weighted by Gasteiger charge is 2.29. The fourth-order valence-electron chi connectivity index (χ4n) is 4.90. The summed E-state index contributed by atoms with van der Waals surface area (Å²) >= 11 is 0. The topological polar surface area (TPSA) is 92.2 Å². The minimum Gasteiger partial charge on any atom is -0.376 e. The van der Waals surface area contributed by atoms with E-state index in [4.69, 9.17) is 4.74 Å². The molecule has 2 aromatic heterocycles. The number of amides is 2. The second-order valence-corrected chi connectivity index (χ2v) is 8.86. The molecule has 2 aliphatic rings. The number of fused-ring (bicyclic) bond motifs is 2. The molecule has 2 amide bonds. The van der Waals surface area contributed by atoms with E-state index in [-0.39, 0.29) is 11.8 Å². The molecule has 1 fully saturated rings. The molecule has 0 spiro atoms. The zero-order chi connectivity index (χ0) is 22.6. The van der Waals surface area contributed by atoms with E-state index < -0.39 is 0 Å². The fraction of sp³-hybridized carbons (Fsp3) is 0.480. The molecule has 0 saturated carbocycles. The van der Waals surface area contributed by atoms with Crippen molar-refractivity contribution in [3.63, 3.8) is 0 Å². The Hall–Kier alpha value is -3.13. The predicted octanol–water partition coefficient (Wildman–Crippen LogP) is 2.81. The molecular formula is C25H31N5O3. The first-order valence-corrected chi connectivity index (χ1v) is 12.0. The zero-order valence-electron chi connectivity index (χ0n) is 18.9. The Bertz CT molecular complexity index is 1140. The number of carbonyl (C=O) groups is 2. The number of H-pyrrole nitrogens is 1. The van der Waals surface area contributed by atoms with E-state index >= 15 is 0 Å². The van der Waals surface area contributed by atoms with Crippen LogP contribution in [0.5, 0.6) is 0 Å². The molecule has 1 saturated heterocycles. The molecule has 8 heteroatoms. The lowest BCUT2D eigenvalue weighted by Gasteiger charge is -2.17. The number of ether oxygens (including phenoxy) is 1. The number of nitrogens with one attached hydrogen (secondary N) is 2.